The molecular formula is C28H26FNO5. The van der Waals surface area contributed by atoms with Gasteiger partial charge in [-0.25, -0.2) is 4.39 Å². The van der Waals surface area contributed by atoms with Gasteiger partial charge in [-0.1, -0.05) is 30.3 Å². The second-order valence-electron chi connectivity index (χ2n) is 8.48. The largest absolute Gasteiger partial charge is 0.507 e. The summed E-state index contributed by atoms with van der Waals surface area (Å²) in [5.74, 6) is -1.27. The molecule has 1 heterocycles. The van der Waals surface area contributed by atoms with Crippen molar-refractivity contribution in [1.82, 2.24) is 4.90 Å². The third-order valence-electron chi connectivity index (χ3n) is 5.74. The summed E-state index contributed by atoms with van der Waals surface area (Å²) in [5, 5.41) is 11.1. The first kappa shape index (κ1) is 24.0. The number of nitrogens with zero attached hydrogens (tertiary/aromatic N) is 1. The quantitative estimate of drug-likeness (QED) is 0.287. The lowest BCUT2D eigenvalue weighted by molar-refractivity contribution is -0.140. The SMILES string of the molecule is COc1ccccc1CN1C(=O)C(=O)/C(=C(\O)c2ccc(F)cc2)C1c1cccc(OC(C)C)c1. The van der Waals surface area contributed by atoms with Crippen molar-refractivity contribution in [2.75, 3.05) is 7.11 Å². The van der Waals surface area contributed by atoms with Crippen LogP contribution in [0.5, 0.6) is 11.5 Å². The van der Waals surface area contributed by atoms with Gasteiger partial charge in [0.1, 0.15) is 23.1 Å². The summed E-state index contributed by atoms with van der Waals surface area (Å²) < 4.78 is 24.7. The Morgan fingerprint density at radius 1 is 1.03 bits per heavy atom. The maximum atomic E-state index is 13.5. The summed E-state index contributed by atoms with van der Waals surface area (Å²) in [6, 6.07) is 18.5. The molecular weight excluding hydrogens is 449 g/mol. The normalized spacial score (nSPS) is 17.2. The minimum absolute atomic E-state index is 0.0711. The van der Waals surface area contributed by atoms with E-state index in [1.54, 1.807) is 30.3 Å². The molecule has 1 saturated heterocycles. The van der Waals surface area contributed by atoms with Crippen molar-refractivity contribution in [3.05, 3.63) is 101 Å². The van der Waals surface area contributed by atoms with E-state index in [-0.39, 0.29) is 29.5 Å². The number of methoxy groups -OCH3 is 1. The average molecular weight is 476 g/mol. The van der Waals surface area contributed by atoms with Crippen LogP contribution in [0.3, 0.4) is 0 Å². The van der Waals surface area contributed by atoms with Crippen molar-refractivity contribution in [2.24, 2.45) is 0 Å². The van der Waals surface area contributed by atoms with Crippen molar-refractivity contribution in [3.8, 4) is 11.5 Å². The Labute approximate surface area is 203 Å². The molecule has 1 atom stereocenters. The van der Waals surface area contributed by atoms with Gasteiger partial charge in [-0.05, 0) is 61.9 Å². The molecule has 180 valence electrons. The van der Waals surface area contributed by atoms with Gasteiger partial charge >= 0.3 is 0 Å². The van der Waals surface area contributed by atoms with E-state index in [0.29, 0.717) is 22.6 Å². The molecule has 0 saturated carbocycles. The van der Waals surface area contributed by atoms with Crippen LogP contribution in [0.4, 0.5) is 4.39 Å². The Hall–Kier alpha value is -4.13. The van der Waals surface area contributed by atoms with Crippen LogP contribution in [-0.2, 0) is 16.1 Å². The molecule has 6 nitrogen and oxygen atoms in total. The third kappa shape index (κ3) is 4.89. The molecule has 0 aliphatic carbocycles. The topological polar surface area (TPSA) is 76.1 Å². The Kier molecular flexibility index (Phi) is 6.87. The highest BCUT2D eigenvalue weighted by atomic mass is 19.1. The van der Waals surface area contributed by atoms with Crippen LogP contribution in [0.2, 0.25) is 0 Å². The van der Waals surface area contributed by atoms with Crippen LogP contribution in [0.1, 0.15) is 36.6 Å². The predicted molar refractivity (Wildman–Crippen MR) is 129 cm³/mol. The molecule has 1 unspecified atom stereocenters. The number of hydrogen-bond acceptors (Lipinski definition) is 5. The molecule has 1 N–H and O–H groups in total. The minimum Gasteiger partial charge on any atom is -0.507 e. The summed E-state index contributed by atoms with van der Waals surface area (Å²) in [7, 11) is 1.53. The fourth-order valence-corrected chi connectivity index (χ4v) is 4.20. The molecule has 1 amide bonds. The monoisotopic (exact) mass is 475 g/mol. The first-order valence-electron chi connectivity index (χ1n) is 11.2. The van der Waals surface area contributed by atoms with Crippen molar-refractivity contribution in [1.29, 1.82) is 0 Å². The number of amides is 1. The van der Waals surface area contributed by atoms with Crippen molar-refractivity contribution in [2.45, 2.75) is 32.5 Å². The second-order valence-corrected chi connectivity index (χ2v) is 8.48. The smallest absolute Gasteiger partial charge is 0.295 e. The fraction of sp³-hybridized carbons (Fsp3) is 0.214. The van der Waals surface area contributed by atoms with Gasteiger partial charge < -0.3 is 19.5 Å². The van der Waals surface area contributed by atoms with Gasteiger partial charge in [-0.2, -0.15) is 0 Å². The van der Waals surface area contributed by atoms with Gasteiger partial charge in [-0.15, -0.1) is 0 Å². The standard InChI is InChI=1S/C28H26FNO5/c1-17(2)35-22-9-6-8-19(15-22)25-24(26(31)18-11-13-21(29)14-12-18)27(32)28(33)30(25)16-20-7-4-5-10-23(20)34-3/h4-15,17,25,31H,16H2,1-3H3/b26-24-. The number of aliphatic hydroxyl groups excluding tert-OH is 1. The van der Waals surface area contributed by atoms with E-state index in [0.717, 1.165) is 0 Å². The maximum Gasteiger partial charge on any atom is 0.295 e. The van der Waals surface area contributed by atoms with Crippen molar-refractivity contribution < 1.29 is 28.6 Å². The highest BCUT2D eigenvalue weighted by Crippen LogP contribution is 2.41. The van der Waals surface area contributed by atoms with Crippen LogP contribution in [-0.4, -0.2) is 34.9 Å². The number of Topliss-reactive ketones (excluding diaryl/α,β-unsaturated/α-hetero) is 1. The van der Waals surface area contributed by atoms with Gasteiger partial charge in [-0.3, -0.25) is 9.59 Å². The molecule has 0 bridgehead atoms. The summed E-state index contributed by atoms with van der Waals surface area (Å²) in [5.41, 5.74) is 1.47. The number of para-hydroxylation sites is 1. The second kappa shape index (κ2) is 10.0. The van der Waals surface area contributed by atoms with Gasteiger partial charge in [0.2, 0.25) is 0 Å². The highest BCUT2D eigenvalue weighted by Gasteiger charge is 2.46. The Balaban J connectivity index is 1.87. The number of carbonyl (C=O) groups is 2. The molecule has 1 aliphatic rings. The molecule has 3 aromatic rings. The number of carbonyl (C=O) groups excluding carboxylic acids is 2. The number of rotatable bonds is 7. The summed E-state index contributed by atoms with van der Waals surface area (Å²) in [6.45, 7) is 3.87. The van der Waals surface area contributed by atoms with E-state index in [1.807, 2.05) is 32.0 Å². The van der Waals surface area contributed by atoms with Gasteiger partial charge in [0, 0.05) is 11.1 Å². The summed E-state index contributed by atoms with van der Waals surface area (Å²) in [6.07, 6.45) is -0.0793. The van der Waals surface area contributed by atoms with Gasteiger partial charge in [0.15, 0.2) is 0 Å². The van der Waals surface area contributed by atoms with Gasteiger partial charge in [0.25, 0.3) is 11.7 Å². The molecule has 35 heavy (non-hydrogen) atoms. The Bertz CT molecular complexity index is 1280. The highest BCUT2D eigenvalue weighted by molar-refractivity contribution is 6.46. The van der Waals surface area contributed by atoms with E-state index in [2.05, 4.69) is 0 Å². The zero-order chi connectivity index (χ0) is 25.1. The van der Waals surface area contributed by atoms with Crippen LogP contribution < -0.4 is 9.47 Å². The summed E-state index contributed by atoms with van der Waals surface area (Å²) >= 11 is 0. The number of likely N-dealkylation sites (tertiary alicyclic amines) is 1. The molecule has 1 fully saturated rings. The van der Waals surface area contributed by atoms with E-state index in [1.165, 1.54) is 36.3 Å². The van der Waals surface area contributed by atoms with Crippen LogP contribution in [0, 0.1) is 5.82 Å². The van der Waals surface area contributed by atoms with E-state index in [9.17, 15) is 19.1 Å². The lowest BCUT2D eigenvalue weighted by Crippen LogP contribution is -2.29. The number of hydrogen-bond donors (Lipinski definition) is 1. The van der Waals surface area contributed by atoms with E-state index < -0.39 is 23.5 Å². The minimum atomic E-state index is -0.888. The molecule has 0 radical (unpaired) electrons. The number of ether oxygens (including phenoxy) is 2. The number of aliphatic hydroxyl groups is 1. The number of halogens is 1. The predicted octanol–water partition coefficient (Wildman–Crippen LogP) is 5.24. The molecule has 4 rings (SSSR count). The van der Waals surface area contributed by atoms with E-state index in [4.69, 9.17) is 9.47 Å². The zero-order valence-electron chi connectivity index (χ0n) is 19.7. The van der Waals surface area contributed by atoms with E-state index >= 15 is 0 Å². The first-order chi connectivity index (χ1) is 16.8. The molecule has 7 heteroatoms. The average Bonchev–Trinajstić information content (AvgIpc) is 3.09. The lowest BCUT2D eigenvalue weighted by atomic mass is 9.95. The third-order valence-corrected chi connectivity index (χ3v) is 5.74. The number of benzene rings is 3. The van der Waals surface area contributed by atoms with Crippen LogP contribution in [0.15, 0.2) is 78.4 Å². The summed E-state index contributed by atoms with van der Waals surface area (Å²) in [4.78, 5) is 27.9. The Morgan fingerprint density at radius 2 is 1.74 bits per heavy atom. The van der Waals surface area contributed by atoms with Crippen LogP contribution >= 0.6 is 0 Å². The molecule has 0 spiro atoms. The first-order valence-corrected chi connectivity index (χ1v) is 11.2. The van der Waals surface area contributed by atoms with Crippen molar-refractivity contribution >= 4 is 17.4 Å². The van der Waals surface area contributed by atoms with Crippen LogP contribution in [0.25, 0.3) is 5.76 Å². The molecule has 0 aromatic heterocycles. The fourth-order valence-electron chi connectivity index (χ4n) is 4.20. The molecule has 3 aromatic carbocycles. The maximum absolute atomic E-state index is 13.5. The lowest BCUT2D eigenvalue weighted by Gasteiger charge is -2.26. The Morgan fingerprint density at radius 3 is 2.43 bits per heavy atom. The molecule has 1 aliphatic heterocycles. The number of ketones is 1. The van der Waals surface area contributed by atoms with Crippen molar-refractivity contribution in [3.63, 3.8) is 0 Å². The zero-order valence-corrected chi connectivity index (χ0v) is 19.7. The van der Waals surface area contributed by atoms with Gasteiger partial charge in [0.05, 0.1) is 31.4 Å².